The number of para-hydroxylation sites is 1. The van der Waals surface area contributed by atoms with Crippen LogP contribution in [0.25, 0.3) is 0 Å². The van der Waals surface area contributed by atoms with Crippen molar-refractivity contribution < 1.29 is 9.59 Å². The monoisotopic (exact) mass is 339 g/mol. The van der Waals surface area contributed by atoms with Crippen molar-refractivity contribution in [1.29, 1.82) is 0 Å². The van der Waals surface area contributed by atoms with Gasteiger partial charge in [0.25, 0.3) is 0 Å². The molecule has 0 aliphatic carbocycles. The number of nitrogens with one attached hydrogen (secondary N) is 2. The van der Waals surface area contributed by atoms with E-state index < -0.39 is 11.8 Å². The number of pyridine rings is 1. The number of hydrogen-bond donors (Lipinski definition) is 2. The Hall–Kier alpha value is -2.69. The highest BCUT2D eigenvalue weighted by Crippen LogP contribution is 2.32. The van der Waals surface area contributed by atoms with E-state index >= 15 is 0 Å². The Kier molecular flexibility index (Phi) is 6.28. The lowest BCUT2D eigenvalue weighted by atomic mass is 9.92. The van der Waals surface area contributed by atoms with Crippen LogP contribution < -0.4 is 10.6 Å². The van der Waals surface area contributed by atoms with Crippen LogP contribution in [0.4, 0.5) is 5.69 Å². The summed E-state index contributed by atoms with van der Waals surface area (Å²) < 4.78 is 0. The molecule has 1 aromatic heterocycles. The minimum absolute atomic E-state index is 0.243. The van der Waals surface area contributed by atoms with Gasteiger partial charge in [-0.3, -0.25) is 14.6 Å². The van der Waals surface area contributed by atoms with Crippen molar-refractivity contribution in [2.45, 2.75) is 46.1 Å². The molecule has 5 nitrogen and oxygen atoms in total. The van der Waals surface area contributed by atoms with Crippen LogP contribution in [0.3, 0.4) is 0 Å². The van der Waals surface area contributed by atoms with Gasteiger partial charge >= 0.3 is 11.8 Å². The molecule has 0 unspecified atom stereocenters. The summed E-state index contributed by atoms with van der Waals surface area (Å²) in [6, 6.07) is 9.59. The highest BCUT2D eigenvalue weighted by Gasteiger charge is 2.19. The van der Waals surface area contributed by atoms with E-state index in [1.807, 2.05) is 24.3 Å². The Morgan fingerprint density at radius 1 is 0.960 bits per heavy atom. The molecule has 2 amide bonds. The van der Waals surface area contributed by atoms with Crippen molar-refractivity contribution in [2.75, 3.05) is 5.32 Å². The summed E-state index contributed by atoms with van der Waals surface area (Å²) in [6.45, 7) is 8.53. The summed E-state index contributed by atoms with van der Waals surface area (Å²) >= 11 is 0. The second-order valence-electron chi connectivity index (χ2n) is 6.62. The summed E-state index contributed by atoms with van der Waals surface area (Å²) in [5, 5.41) is 5.44. The largest absolute Gasteiger partial charge is 0.344 e. The fraction of sp³-hybridized carbons (Fsp3) is 0.350. The summed E-state index contributed by atoms with van der Waals surface area (Å²) in [5.74, 6) is -0.823. The molecule has 0 saturated carbocycles. The molecule has 1 heterocycles. The van der Waals surface area contributed by atoms with Gasteiger partial charge in [0.1, 0.15) is 0 Å². The summed E-state index contributed by atoms with van der Waals surface area (Å²) in [7, 11) is 0. The van der Waals surface area contributed by atoms with Gasteiger partial charge in [-0.2, -0.15) is 0 Å². The first kappa shape index (κ1) is 18.6. The zero-order valence-electron chi connectivity index (χ0n) is 15.2. The molecular formula is C20H25N3O2. The van der Waals surface area contributed by atoms with Gasteiger partial charge in [0.05, 0.1) is 0 Å². The second kappa shape index (κ2) is 8.42. The van der Waals surface area contributed by atoms with Crippen LogP contribution in [0.15, 0.2) is 42.7 Å². The molecule has 132 valence electrons. The van der Waals surface area contributed by atoms with Crippen molar-refractivity contribution in [3.05, 3.63) is 59.4 Å². The molecule has 2 rings (SSSR count). The minimum atomic E-state index is -0.655. The van der Waals surface area contributed by atoms with Gasteiger partial charge in [-0.15, -0.1) is 0 Å². The highest BCUT2D eigenvalue weighted by molar-refractivity contribution is 6.39. The van der Waals surface area contributed by atoms with E-state index in [4.69, 9.17) is 0 Å². The molecule has 2 N–H and O–H groups in total. The van der Waals surface area contributed by atoms with E-state index in [0.29, 0.717) is 0 Å². The van der Waals surface area contributed by atoms with E-state index in [1.165, 1.54) is 0 Å². The zero-order valence-corrected chi connectivity index (χ0v) is 15.2. The topological polar surface area (TPSA) is 71.1 Å². The lowest BCUT2D eigenvalue weighted by Gasteiger charge is -2.20. The first-order valence-corrected chi connectivity index (χ1v) is 8.51. The molecule has 0 fully saturated rings. The maximum atomic E-state index is 12.3. The van der Waals surface area contributed by atoms with Crippen molar-refractivity contribution in [3.63, 3.8) is 0 Å². The number of anilines is 1. The standard InChI is InChI=1S/C20H25N3O2/c1-13(2)16-8-5-9-17(14(3)4)18(16)23-20(25)19(24)22-12-15-7-6-10-21-11-15/h5-11,13-14H,12H2,1-4H3,(H,22,24)(H,23,25). The maximum Gasteiger partial charge on any atom is 0.313 e. The summed E-state index contributed by atoms with van der Waals surface area (Å²) in [5.41, 5.74) is 3.64. The third kappa shape index (κ3) is 4.89. The van der Waals surface area contributed by atoms with Crippen LogP contribution in [0, 0.1) is 0 Å². The third-order valence-electron chi connectivity index (χ3n) is 3.99. The Balaban J connectivity index is 2.12. The first-order valence-electron chi connectivity index (χ1n) is 8.51. The lowest BCUT2D eigenvalue weighted by Crippen LogP contribution is -2.35. The first-order chi connectivity index (χ1) is 11.9. The molecular weight excluding hydrogens is 314 g/mol. The molecule has 25 heavy (non-hydrogen) atoms. The molecule has 0 aliphatic heterocycles. The van der Waals surface area contributed by atoms with Crippen molar-refractivity contribution in [3.8, 4) is 0 Å². The normalized spacial score (nSPS) is 10.8. The second-order valence-corrected chi connectivity index (χ2v) is 6.62. The van der Waals surface area contributed by atoms with Crippen LogP contribution in [0.1, 0.15) is 56.2 Å². The maximum absolute atomic E-state index is 12.3. The third-order valence-corrected chi connectivity index (χ3v) is 3.99. The smallest absolute Gasteiger partial charge is 0.313 e. The molecule has 5 heteroatoms. The molecule has 0 atom stereocenters. The van der Waals surface area contributed by atoms with E-state index in [9.17, 15) is 9.59 Å². The number of aromatic nitrogens is 1. The van der Waals surface area contributed by atoms with Gasteiger partial charge < -0.3 is 10.6 Å². The average Bonchev–Trinajstić information content (AvgIpc) is 2.60. The molecule has 1 aromatic carbocycles. The Bertz CT molecular complexity index is 714. The van der Waals surface area contributed by atoms with Crippen LogP contribution in [-0.4, -0.2) is 16.8 Å². The van der Waals surface area contributed by atoms with Crippen LogP contribution >= 0.6 is 0 Å². The quantitative estimate of drug-likeness (QED) is 0.818. The van der Waals surface area contributed by atoms with E-state index in [1.54, 1.807) is 18.5 Å². The Morgan fingerprint density at radius 3 is 2.12 bits per heavy atom. The van der Waals surface area contributed by atoms with Gasteiger partial charge in [-0.1, -0.05) is 52.0 Å². The highest BCUT2D eigenvalue weighted by atomic mass is 16.2. The predicted octanol–water partition coefficient (Wildman–Crippen LogP) is 3.58. The van der Waals surface area contributed by atoms with Gasteiger partial charge in [-0.25, -0.2) is 0 Å². The van der Waals surface area contributed by atoms with E-state index in [2.05, 4.69) is 43.3 Å². The number of rotatable bonds is 5. The zero-order chi connectivity index (χ0) is 18.4. The SMILES string of the molecule is CC(C)c1cccc(C(C)C)c1NC(=O)C(=O)NCc1cccnc1. The van der Waals surface area contributed by atoms with Crippen LogP contribution in [0.2, 0.25) is 0 Å². The fourth-order valence-corrected chi connectivity index (χ4v) is 2.63. The van der Waals surface area contributed by atoms with E-state index in [-0.39, 0.29) is 18.4 Å². The number of carbonyl (C=O) groups is 2. The summed E-state index contributed by atoms with van der Waals surface area (Å²) in [6.07, 6.45) is 3.32. The van der Waals surface area contributed by atoms with E-state index in [0.717, 1.165) is 22.4 Å². The molecule has 0 aliphatic rings. The molecule has 0 spiro atoms. The van der Waals surface area contributed by atoms with Gasteiger partial charge in [0.15, 0.2) is 0 Å². The van der Waals surface area contributed by atoms with Crippen LogP contribution in [-0.2, 0) is 16.1 Å². The molecule has 0 radical (unpaired) electrons. The Labute approximate surface area is 148 Å². The van der Waals surface area contributed by atoms with Gasteiger partial charge in [0.2, 0.25) is 0 Å². The number of benzene rings is 1. The van der Waals surface area contributed by atoms with Crippen molar-refractivity contribution in [1.82, 2.24) is 10.3 Å². The average molecular weight is 339 g/mol. The van der Waals surface area contributed by atoms with Gasteiger partial charge in [-0.05, 0) is 34.6 Å². The number of nitrogens with zero attached hydrogens (tertiary/aromatic N) is 1. The number of carbonyl (C=O) groups excluding carboxylic acids is 2. The van der Waals surface area contributed by atoms with Gasteiger partial charge in [0, 0.05) is 24.6 Å². The number of hydrogen-bond acceptors (Lipinski definition) is 3. The lowest BCUT2D eigenvalue weighted by molar-refractivity contribution is -0.136. The molecule has 0 saturated heterocycles. The summed E-state index contributed by atoms with van der Waals surface area (Å²) in [4.78, 5) is 28.5. The predicted molar refractivity (Wildman–Crippen MR) is 99.3 cm³/mol. The number of amides is 2. The minimum Gasteiger partial charge on any atom is -0.344 e. The molecule has 0 bridgehead atoms. The van der Waals surface area contributed by atoms with Crippen molar-refractivity contribution >= 4 is 17.5 Å². The van der Waals surface area contributed by atoms with Crippen molar-refractivity contribution in [2.24, 2.45) is 0 Å². The fourth-order valence-electron chi connectivity index (χ4n) is 2.63. The molecule has 2 aromatic rings. The van der Waals surface area contributed by atoms with Crippen LogP contribution in [0.5, 0.6) is 0 Å². The Morgan fingerprint density at radius 2 is 1.60 bits per heavy atom.